The SMILES string of the molecule is CCc1ccc(N2C(=O)C(Nc3cc(Cl)ccc3OC)=C(c3ccc(C)c(C)c3)C2=O)cc1. The Morgan fingerprint density at radius 1 is 0.909 bits per heavy atom. The second-order valence-electron chi connectivity index (χ2n) is 7.98. The van der Waals surface area contributed by atoms with Crippen LogP contribution >= 0.6 is 11.6 Å². The minimum absolute atomic E-state index is 0.184. The van der Waals surface area contributed by atoms with Gasteiger partial charge in [-0.2, -0.15) is 0 Å². The van der Waals surface area contributed by atoms with E-state index in [0.29, 0.717) is 33.3 Å². The molecule has 0 aliphatic carbocycles. The van der Waals surface area contributed by atoms with Crippen molar-refractivity contribution in [1.82, 2.24) is 0 Å². The summed E-state index contributed by atoms with van der Waals surface area (Å²) in [7, 11) is 1.54. The predicted octanol–water partition coefficient (Wildman–Crippen LogP) is 5.92. The topological polar surface area (TPSA) is 58.6 Å². The van der Waals surface area contributed by atoms with E-state index in [1.165, 1.54) is 12.0 Å². The van der Waals surface area contributed by atoms with Crippen LogP contribution in [-0.2, 0) is 16.0 Å². The number of nitrogens with one attached hydrogen (secondary N) is 1. The molecule has 0 unspecified atom stereocenters. The summed E-state index contributed by atoms with van der Waals surface area (Å²) in [5.41, 5.74) is 5.46. The van der Waals surface area contributed by atoms with Gasteiger partial charge in [0.15, 0.2) is 0 Å². The third-order valence-corrected chi connectivity index (χ3v) is 6.14. The third kappa shape index (κ3) is 4.24. The zero-order valence-corrected chi connectivity index (χ0v) is 19.8. The van der Waals surface area contributed by atoms with E-state index in [1.807, 2.05) is 44.2 Å². The lowest BCUT2D eigenvalue weighted by molar-refractivity contribution is -0.120. The van der Waals surface area contributed by atoms with Crippen LogP contribution in [0.4, 0.5) is 11.4 Å². The van der Waals surface area contributed by atoms with Crippen LogP contribution in [-0.4, -0.2) is 18.9 Å². The average molecular weight is 461 g/mol. The van der Waals surface area contributed by atoms with E-state index in [4.69, 9.17) is 16.3 Å². The van der Waals surface area contributed by atoms with E-state index in [-0.39, 0.29) is 11.6 Å². The Balaban J connectivity index is 1.85. The van der Waals surface area contributed by atoms with Crippen LogP contribution in [0.15, 0.2) is 66.4 Å². The second-order valence-corrected chi connectivity index (χ2v) is 8.42. The summed E-state index contributed by atoms with van der Waals surface area (Å²) in [4.78, 5) is 28.5. The Morgan fingerprint density at radius 3 is 2.27 bits per heavy atom. The Labute approximate surface area is 198 Å². The maximum absolute atomic E-state index is 13.6. The molecule has 0 saturated carbocycles. The smallest absolute Gasteiger partial charge is 0.282 e. The van der Waals surface area contributed by atoms with E-state index in [1.54, 1.807) is 30.3 Å². The molecule has 1 N–H and O–H groups in total. The van der Waals surface area contributed by atoms with Crippen LogP contribution in [0.2, 0.25) is 5.02 Å². The minimum atomic E-state index is -0.431. The summed E-state index contributed by atoms with van der Waals surface area (Å²) in [5.74, 6) is -0.298. The first-order chi connectivity index (χ1) is 15.8. The maximum Gasteiger partial charge on any atom is 0.282 e. The van der Waals surface area contributed by atoms with Crippen LogP contribution in [0.1, 0.15) is 29.2 Å². The fraction of sp³-hybridized carbons (Fsp3) is 0.185. The number of amides is 2. The third-order valence-electron chi connectivity index (χ3n) is 5.90. The maximum atomic E-state index is 13.6. The first-order valence-electron chi connectivity index (χ1n) is 10.7. The average Bonchev–Trinajstić information content (AvgIpc) is 3.05. The zero-order valence-electron chi connectivity index (χ0n) is 19.0. The molecule has 4 rings (SSSR count). The molecular formula is C27H25ClN2O3. The Hall–Kier alpha value is -3.57. The summed E-state index contributed by atoms with van der Waals surface area (Å²) < 4.78 is 5.43. The van der Waals surface area contributed by atoms with Gasteiger partial charge in [0.25, 0.3) is 11.8 Å². The minimum Gasteiger partial charge on any atom is -0.495 e. The van der Waals surface area contributed by atoms with E-state index >= 15 is 0 Å². The molecule has 0 fully saturated rings. The number of imide groups is 1. The molecule has 1 aliphatic rings. The summed E-state index contributed by atoms with van der Waals surface area (Å²) in [5, 5.41) is 3.63. The fourth-order valence-corrected chi connectivity index (χ4v) is 4.01. The number of benzene rings is 3. The number of nitrogens with zero attached hydrogens (tertiary/aromatic N) is 1. The van der Waals surface area contributed by atoms with Crippen molar-refractivity contribution in [3.8, 4) is 5.75 Å². The number of carbonyl (C=O) groups is 2. The quantitative estimate of drug-likeness (QED) is 0.463. The van der Waals surface area contributed by atoms with Crippen molar-refractivity contribution in [3.63, 3.8) is 0 Å². The molecule has 2 amide bonds. The van der Waals surface area contributed by atoms with Gasteiger partial charge in [-0.25, -0.2) is 4.90 Å². The number of halogens is 1. The molecule has 0 bridgehead atoms. The molecule has 3 aromatic carbocycles. The molecule has 33 heavy (non-hydrogen) atoms. The van der Waals surface area contributed by atoms with Crippen LogP contribution in [0.5, 0.6) is 5.75 Å². The standard InChI is InChI=1S/C27H25ClN2O3/c1-5-18-7-11-21(12-8-18)30-26(31)24(19-9-6-16(2)17(3)14-19)25(27(30)32)29-22-15-20(28)10-13-23(22)33-4/h6-15,29H,5H2,1-4H3. The highest BCUT2D eigenvalue weighted by atomic mass is 35.5. The van der Waals surface area contributed by atoms with Crippen molar-refractivity contribution >= 4 is 40.4 Å². The molecule has 6 heteroatoms. The number of carbonyl (C=O) groups excluding carboxylic acids is 2. The molecular weight excluding hydrogens is 436 g/mol. The van der Waals surface area contributed by atoms with Crippen LogP contribution < -0.4 is 15.0 Å². The molecule has 1 aliphatic heterocycles. The van der Waals surface area contributed by atoms with Crippen molar-refractivity contribution in [3.05, 3.63) is 93.6 Å². The lowest BCUT2D eigenvalue weighted by Crippen LogP contribution is -2.32. The van der Waals surface area contributed by atoms with Crippen LogP contribution in [0.3, 0.4) is 0 Å². The van der Waals surface area contributed by atoms with Gasteiger partial charge in [-0.05, 0) is 72.9 Å². The van der Waals surface area contributed by atoms with Crippen LogP contribution in [0, 0.1) is 13.8 Å². The van der Waals surface area contributed by atoms with Crippen molar-refractivity contribution in [2.45, 2.75) is 27.2 Å². The van der Waals surface area contributed by atoms with Crippen molar-refractivity contribution < 1.29 is 14.3 Å². The fourth-order valence-electron chi connectivity index (χ4n) is 3.84. The monoisotopic (exact) mass is 460 g/mol. The van der Waals surface area contributed by atoms with Crippen LogP contribution in [0.25, 0.3) is 5.57 Å². The normalized spacial score (nSPS) is 13.7. The van der Waals surface area contributed by atoms with Gasteiger partial charge in [0.2, 0.25) is 0 Å². The molecule has 168 valence electrons. The Bertz CT molecular complexity index is 1280. The highest BCUT2D eigenvalue weighted by Crippen LogP contribution is 2.37. The van der Waals surface area contributed by atoms with E-state index in [9.17, 15) is 9.59 Å². The Morgan fingerprint density at radius 2 is 1.64 bits per heavy atom. The molecule has 0 atom stereocenters. The predicted molar refractivity (Wildman–Crippen MR) is 133 cm³/mol. The summed E-state index contributed by atoms with van der Waals surface area (Å²) in [6, 6.07) is 18.3. The summed E-state index contributed by atoms with van der Waals surface area (Å²) >= 11 is 6.20. The van der Waals surface area contributed by atoms with Crippen molar-refractivity contribution in [1.29, 1.82) is 0 Å². The molecule has 0 spiro atoms. The second kappa shape index (κ2) is 9.12. The number of anilines is 2. The molecule has 3 aromatic rings. The largest absolute Gasteiger partial charge is 0.495 e. The molecule has 0 saturated heterocycles. The highest BCUT2D eigenvalue weighted by molar-refractivity contribution is 6.46. The number of aryl methyl sites for hydroxylation is 3. The number of rotatable bonds is 6. The summed E-state index contributed by atoms with van der Waals surface area (Å²) in [6.45, 7) is 6.04. The van der Waals surface area contributed by atoms with E-state index in [0.717, 1.165) is 23.1 Å². The number of hydrogen-bond donors (Lipinski definition) is 1. The van der Waals surface area contributed by atoms with Gasteiger partial charge in [-0.3, -0.25) is 9.59 Å². The van der Waals surface area contributed by atoms with E-state index < -0.39 is 5.91 Å². The zero-order chi connectivity index (χ0) is 23.7. The summed E-state index contributed by atoms with van der Waals surface area (Å²) in [6.07, 6.45) is 0.871. The molecule has 5 nitrogen and oxygen atoms in total. The highest BCUT2D eigenvalue weighted by Gasteiger charge is 2.40. The van der Waals surface area contributed by atoms with Gasteiger partial charge in [-0.1, -0.05) is 48.9 Å². The van der Waals surface area contributed by atoms with Gasteiger partial charge >= 0.3 is 0 Å². The van der Waals surface area contributed by atoms with Gasteiger partial charge in [0.05, 0.1) is 24.1 Å². The molecule has 0 aromatic heterocycles. The van der Waals surface area contributed by atoms with Gasteiger partial charge < -0.3 is 10.1 Å². The molecule has 1 heterocycles. The number of ether oxygens (including phenoxy) is 1. The van der Waals surface area contributed by atoms with E-state index in [2.05, 4.69) is 12.2 Å². The Kier molecular flexibility index (Phi) is 6.25. The van der Waals surface area contributed by atoms with Gasteiger partial charge in [0, 0.05) is 5.02 Å². The number of methoxy groups -OCH3 is 1. The lowest BCUT2D eigenvalue weighted by Gasteiger charge is -2.16. The van der Waals surface area contributed by atoms with Crippen molar-refractivity contribution in [2.75, 3.05) is 17.3 Å². The first kappa shape index (κ1) is 22.6. The molecule has 0 radical (unpaired) electrons. The number of hydrogen-bond acceptors (Lipinski definition) is 4. The van der Waals surface area contributed by atoms with Crippen molar-refractivity contribution in [2.24, 2.45) is 0 Å². The lowest BCUT2D eigenvalue weighted by atomic mass is 9.99. The van der Waals surface area contributed by atoms with Gasteiger partial charge in [0.1, 0.15) is 11.4 Å². The first-order valence-corrected chi connectivity index (χ1v) is 11.1. The van der Waals surface area contributed by atoms with Gasteiger partial charge in [-0.15, -0.1) is 0 Å².